The molecule has 4 saturated heterocycles. The van der Waals surface area contributed by atoms with Crippen molar-refractivity contribution in [3.63, 3.8) is 0 Å². The minimum Gasteiger partial charge on any atom is -0.394 e. The second-order valence-corrected chi connectivity index (χ2v) is 14.4. The van der Waals surface area contributed by atoms with Crippen LogP contribution in [0.25, 0.3) is 0 Å². The molecular formula is C30H47Cl2N5O14. The number of aliphatic hydroxyl groups excluding tert-OH is 6. The Morgan fingerprint density at radius 1 is 0.667 bits per heavy atom. The quantitative estimate of drug-likeness (QED) is 0.112. The van der Waals surface area contributed by atoms with Crippen LogP contribution < -0.4 is 28.7 Å². The zero-order valence-electron chi connectivity index (χ0n) is 27.2. The van der Waals surface area contributed by atoms with E-state index in [1.54, 1.807) is 18.2 Å². The molecule has 16 N–H and O–H groups in total. The lowest BCUT2D eigenvalue weighted by molar-refractivity contribution is -0.356. The van der Waals surface area contributed by atoms with Gasteiger partial charge in [-0.05, 0) is 24.6 Å². The van der Waals surface area contributed by atoms with Gasteiger partial charge in [0.1, 0.15) is 67.1 Å². The maximum Gasteiger partial charge on any atom is 0.187 e. The molecule has 5 aliphatic rings. The summed E-state index contributed by atoms with van der Waals surface area (Å²) in [5.41, 5.74) is 31.3. The predicted molar refractivity (Wildman–Crippen MR) is 173 cm³/mol. The first kappa shape index (κ1) is 39.7. The summed E-state index contributed by atoms with van der Waals surface area (Å²) in [6, 6.07) is 0.628. The fraction of sp³-hybridized carbons (Fsp3) is 0.800. The second kappa shape index (κ2) is 16.4. The standard InChI is InChI=1S/C30H47Cl2N5O14/c31-9-1-8(2-10(32)3-9)27-44-7-15-25(49-27)21(42)17(37)29(47-15)48-23-12(35)4-11(34)18(39)26(23)51-30-22(43)24(14(6-38)46-30)50-28-16(36)20(41)19(40)13(5-33)45-28/h1-3,11-30,38-43H,4-7,33-37H2/t11-,12+,13+,14-,15-,16-,17-,18+,19-,20-,21-,22-,23-,24-,25-,26-,27-,28-,29-,30+/m1/s1. The van der Waals surface area contributed by atoms with Crippen molar-refractivity contribution in [3.8, 4) is 0 Å². The van der Waals surface area contributed by atoms with Gasteiger partial charge in [-0.1, -0.05) is 23.2 Å². The summed E-state index contributed by atoms with van der Waals surface area (Å²) in [7, 11) is 0. The first-order valence-electron chi connectivity index (χ1n) is 16.6. The molecule has 4 heterocycles. The lowest BCUT2D eigenvalue weighted by atomic mass is 9.84. The van der Waals surface area contributed by atoms with E-state index in [0.29, 0.717) is 15.6 Å². The summed E-state index contributed by atoms with van der Waals surface area (Å²) in [6.07, 6.45) is -20.0. The predicted octanol–water partition coefficient (Wildman–Crippen LogP) is -4.79. The highest BCUT2D eigenvalue weighted by Crippen LogP contribution is 2.38. The summed E-state index contributed by atoms with van der Waals surface area (Å²) in [5, 5.41) is 65.1. The topological polar surface area (TPSA) is 325 Å². The van der Waals surface area contributed by atoms with Crippen molar-refractivity contribution in [1.29, 1.82) is 0 Å². The van der Waals surface area contributed by atoms with E-state index in [0.717, 1.165) is 0 Å². The van der Waals surface area contributed by atoms with E-state index in [1.165, 1.54) is 0 Å². The molecule has 51 heavy (non-hydrogen) atoms. The zero-order valence-corrected chi connectivity index (χ0v) is 28.7. The van der Waals surface area contributed by atoms with E-state index in [4.69, 9.17) is 89.8 Å². The number of ether oxygens (including phenoxy) is 8. The van der Waals surface area contributed by atoms with Crippen molar-refractivity contribution in [3.05, 3.63) is 33.8 Å². The number of hydrogen-bond acceptors (Lipinski definition) is 19. The first-order chi connectivity index (χ1) is 24.2. The fourth-order valence-corrected chi connectivity index (χ4v) is 7.63. The Balaban J connectivity index is 1.14. The largest absolute Gasteiger partial charge is 0.394 e. The smallest absolute Gasteiger partial charge is 0.187 e. The molecule has 0 amide bonds. The van der Waals surface area contributed by atoms with Crippen molar-refractivity contribution in [2.75, 3.05) is 19.8 Å². The molecule has 20 atom stereocenters. The third kappa shape index (κ3) is 8.06. The Kier molecular flexibility index (Phi) is 12.8. The third-order valence-corrected chi connectivity index (χ3v) is 10.4. The van der Waals surface area contributed by atoms with Crippen LogP contribution in [0, 0.1) is 0 Å². The Morgan fingerprint density at radius 2 is 1.27 bits per heavy atom. The molecule has 0 bridgehead atoms. The van der Waals surface area contributed by atoms with Gasteiger partial charge in [-0.15, -0.1) is 0 Å². The molecule has 290 valence electrons. The van der Waals surface area contributed by atoms with Gasteiger partial charge in [-0.3, -0.25) is 0 Å². The van der Waals surface area contributed by atoms with Gasteiger partial charge in [0.2, 0.25) is 0 Å². The summed E-state index contributed by atoms with van der Waals surface area (Å²) in [4.78, 5) is 0. The first-order valence-corrected chi connectivity index (χ1v) is 17.4. The SMILES string of the molecule is NC[C@@H]1O[C@H](O[C@H]2[C@@H](O)[C@H](O[C@@H]3[C@@H](O)[C@H](N)C[C@H](N)[C@H]3O[C@H]3O[C@@H]4CO[C@@H](c5cc(Cl)cc(Cl)c5)O[C@H]4[C@H](O)[C@H]3N)O[C@@H]2CO)[C@H](N)[C@@H](O)[C@@H]1O. The average Bonchev–Trinajstić information content (AvgIpc) is 3.39. The molecular weight excluding hydrogens is 725 g/mol. The lowest BCUT2D eigenvalue weighted by Gasteiger charge is -2.49. The van der Waals surface area contributed by atoms with Gasteiger partial charge in [0.15, 0.2) is 25.2 Å². The van der Waals surface area contributed by atoms with Gasteiger partial charge in [-0.25, -0.2) is 0 Å². The number of aliphatic hydroxyl groups is 6. The van der Waals surface area contributed by atoms with Crippen molar-refractivity contribution < 1.29 is 68.5 Å². The van der Waals surface area contributed by atoms with Crippen LogP contribution in [0.2, 0.25) is 10.0 Å². The van der Waals surface area contributed by atoms with Gasteiger partial charge in [-0.2, -0.15) is 0 Å². The number of nitrogens with two attached hydrogens (primary N) is 5. The van der Waals surface area contributed by atoms with E-state index in [1.807, 2.05) is 0 Å². The van der Waals surface area contributed by atoms with E-state index in [9.17, 15) is 30.6 Å². The van der Waals surface area contributed by atoms with Crippen LogP contribution in [0.1, 0.15) is 18.3 Å². The molecule has 21 heteroatoms. The molecule has 5 fully saturated rings. The summed E-state index contributed by atoms with van der Waals surface area (Å²) < 4.78 is 47.5. The molecule has 19 nitrogen and oxygen atoms in total. The molecule has 6 rings (SSSR count). The van der Waals surface area contributed by atoms with Gasteiger partial charge >= 0.3 is 0 Å². The third-order valence-electron chi connectivity index (χ3n) is 9.96. The normalized spacial score (nSPS) is 49.1. The number of benzene rings is 1. The number of hydrogen-bond donors (Lipinski definition) is 11. The Labute approximate surface area is 302 Å². The highest BCUT2D eigenvalue weighted by Gasteiger charge is 2.55. The molecule has 0 radical (unpaired) electrons. The van der Waals surface area contributed by atoms with Gasteiger partial charge in [0.25, 0.3) is 0 Å². The van der Waals surface area contributed by atoms with Crippen LogP contribution >= 0.6 is 23.2 Å². The fourth-order valence-electron chi connectivity index (χ4n) is 7.09. The van der Waals surface area contributed by atoms with Crippen LogP contribution in [-0.4, -0.2) is 167 Å². The Morgan fingerprint density at radius 3 is 1.94 bits per heavy atom. The molecule has 0 spiro atoms. The van der Waals surface area contributed by atoms with E-state index in [-0.39, 0.29) is 19.6 Å². The van der Waals surface area contributed by atoms with Gasteiger partial charge < -0.3 is 97.2 Å². The Bertz CT molecular complexity index is 1310. The maximum atomic E-state index is 11.3. The van der Waals surface area contributed by atoms with Crippen LogP contribution in [-0.2, 0) is 37.9 Å². The maximum absolute atomic E-state index is 11.3. The summed E-state index contributed by atoms with van der Waals surface area (Å²) >= 11 is 12.3. The van der Waals surface area contributed by atoms with Crippen LogP contribution in [0.5, 0.6) is 0 Å². The number of rotatable bonds is 9. The molecule has 0 unspecified atom stereocenters. The highest BCUT2D eigenvalue weighted by atomic mass is 35.5. The number of fused-ring (bicyclic) bond motifs is 1. The highest BCUT2D eigenvalue weighted by molar-refractivity contribution is 6.34. The van der Waals surface area contributed by atoms with E-state index >= 15 is 0 Å². The minimum absolute atomic E-state index is 0.0321. The summed E-state index contributed by atoms with van der Waals surface area (Å²) in [5.74, 6) is 0. The molecule has 1 aromatic rings. The summed E-state index contributed by atoms with van der Waals surface area (Å²) in [6.45, 7) is -0.853. The molecule has 1 aromatic carbocycles. The van der Waals surface area contributed by atoms with Crippen molar-refractivity contribution >= 4 is 23.2 Å². The van der Waals surface area contributed by atoms with Gasteiger partial charge in [0, 0.05) is 34.2 Å². The molecule has 4 aliphatic heterocycles. The van der Waals surface area contributed by atoms with Crippen molar-refractivity contribution in [2.45, 2.75) is 129 Å². The molecule has 1 saturated carbocycles. The zero-order chi connectivity index (χ0) is 36.9. The van der Waals surface area contributed by atoms with Crippen LogP contribution in [0.4, 0.5) is 0 Å². The Hall–Kier alpha value is -0.960. The van der Waals surface area contributed by atoms with Gasteiger partial charge in [0.05, 0.1) is 31.4 Å². The monoisotopic (exact) mass is 771 g/mol. The van der Waals surface area contributed by atoms with E-state index < -0.39 is 129 Å². The van der Waals surface area contributed by atoms with Crippen molar-refractivity contribution in [1.82, 2.24) is 0 Å². The molecule has 1 aliphatic carbocycles. The van der Waals surface area contributed by atoms with Crippen molar-refractivity contribution in [2.24, 2.45) is 28.7 Å². The number of halogens is 2. The lowest BCUT2D eigenvalue weighted by Crippen LogP contribution is -2.69. The van der Waals surface area contributed by atoms with Crippen LogP contribution in [0.3, 0.4) is 0 Å². The molecule has 0 aromatic heterocycles. The van der Waals surface area contributed by atoms with Crippen LogP contribution in [0.15, 0.2) is 18.2 Å². The van der Waals surface area contributed by atoms with E-state index in [2.05, 4.69) is 0 Å². The second-order valence-electron chi connectivity index (χ2n) is 13.5. The average molecular weight is 773 g/mol. The minimum atomic E-state index is -1.62.